The number of nitrogens with zero attached hydrogens (tertiary/aromatic N) is 1. The van der Waals surface area contributed by atoms with E-state index in [0.717, 1.165) is 11.0 Å². The Morgan fingerprint density at radius 1 is 0.750 bits per heavy atom. The average molecular weight is 257 g/mol. The maximum atomic E-state index is 4.85. The fraction of sp³-hybridized carbons (Fsp3) is 0.105. The van der Waals surface area contributed by atoms with Gasteiger partial charge in [-0.25, -0.2) is 4.98 Å². The molecule has 1 nitrogen and oxygen atoms in total. The van der Waals surface area contributed by atoms with Crippen molar-refractivity contribution in [3.8, 4) is 0 Å². The van der Waals surface area contributed by atoms with Gasteiger partial charge in [-0.1, -0.05) is 42.5 Å². The van der Waals surface area contributed by atoms with Gasteiger partial charge in [0, 0.05) is 10.8 Å². The van der Waals surface area contributed by atoms with Crippen LogP contribution in [0.3, 0.4) is 0 Å². The Balaban J connectivity index is 2.29. The lowest BCUT2D eigenvalue weighted by atomic mass is 9.98. The first-order valence-corrected chi connectivity index (χ1v) is 6.92. The highest BCUT2D eigenvalue weighted by molar-refractivity contribution is 6.12. The molecule has 0 bridgehead atoms. The first-order valence-electron chi connectivity index (χ1n) is 6.92. The second kappa shape index (κ2) is 4.04. The molecule has 0 N–H and O–H groups in total. The Labute approximate surface area is 117 Å². The number of benzene rings is 3. The Morgan fingerprint density at radius 3 is 2.50 bits per heavy atom. The van der Waals surface area contributed by atoms with Crippen molar-refractivity contribution in [2.75, 3.05) is 0 Å². The molecule has 1 aromatic heterocycles. The second-order valence-electron chi connectivity index (χ2n) is 5.44. The third-order valence-electron chi connectivity index (χ3n) is 4.08. The van der Waals surface area contributed by atoms with Gasteiger partial charge in [0.25, 0.3) is 0 Å². The highest BCUT2D eigenvalue weighted by Crippen LogP contribution is 2.31. The fourth-order valence-electron chi connectivity index (χ4n) is 3.06. The van der Waals surface area contributed by atoms with Crippen molar-refractivity contribution in [1.82, 2.24) is 4.98 Å². The summed E-state index contributed by atoms with van der Waals surface area (Å²) in [6, 6.07) is 19.3. The van der Waals surface area contributed by atoms with Crippen LogP contribution in [0.25, 0.3) is 32.6 Å². The molecule has 0 aliphatic carbocycles. The van der Waals surface area contributed by atoms with Crippen molar-refractivity contribution in [3.05, 3.63) is 65.7 Å². The van der Waals surface area contributed by atoms with Crippen molar-refractivity contribution in [1.29, 1.82) is 0 Å². The normalized spacial score (nSPS) is 11.5. The summed E-state index contributed by atoms with van der Waals surface area (Å²) >= 11 is 0. The van der Waals surface area contributed by atoms with Gasteiger partial charge in [0.05, 0.1) is 11.0 Å². The lowest BCUT2D eigenvalue weighted by Crippen LogP contribution is -1.89. The Bertz CT molecular complexity index is 967. The first kappa shape index (κ1) is 11.4. The van der Waals surface area contributed by atoms with Gasteiger partial charge in [0.2, 0.25) is 0 Å². The van der Waals surface area contributed by atoms with E-state index in [2.05, 4.69) is 68.4 Å². The van der Waals surface area contributed by atoms with Crippen LogP contribution in [0.1, 0.15) is 11.1 Å². The van der Waals surface area contributed by atoms with Gasteiger partial charge < -0.3 is 0 Å². The molecule has 3 aromatic carbocycles. The van der Waals surface area contributed by atoms with Gasteiger partial charge in [-0.15, -0.1) is 0 Å². The average Bonchev–Trinajstić information content (AvgIpc) is 2.46. The van der Waals surface area contributed by atoms with Crippen LogP contribution in [0.15, 0.2) is 54.6 Å². The van der Waals surface area contributed by atoms with Crippen molar-refractivity contribution in [3.63, 3.8) is 0 Å². The Kier molecular flexibility index (Phi) is 2.31. The molecule has 0 aliphatic heterocycles. The maximum absolute atomic E-state index is 4.85. The van der Waals surface area contributed by atoms with E-state index in [1.54, 1.807) is 0 Å². The van der Waals surface area contributed by atoms with Crippen LogP contribution in [0, 0.1) is 13.8 Å². The standard InChI is InChI=1S/C19H15N/c1-12-7-9-15-13(2)19-16-6-4-3-5-14(16)8-10-17(19)20-18(15)11-12/h3-11H,1-2H3. The predicted octanol–water partition coefficient (Wildman–Crippen LogP) is 5.16. The molecule has 0 spiro atoms. The summed E-state index contributed by atoms with van der Waals surface area (Å²) in [5, 5.41) is 5.09. The van der Waals surface area contributed by atoms with Crippen LogP contribution in [0.2, 0.25) is 0 Å². The molecule has 0 aliphatic rings. The van der Waals surface area contributed by atoms with Gasteiger partial charge in [-0.3, -0.25) is 0 Å². The summed E-state index contributed by atoms with van der Waals surface area (Å²) in [4.78, 5) is 4.85. The number of aromatic nitrogens is 1. The second-order valence-corrected chi connectivity index (χ2v) is 5.44. The number of hydrogen-bond donors (Lipinski definition) is 0. The van der Waals surface area contributed by atoms with E-state index in [1.807, 2.05) is 0 Å². The van der Waals surface area contributed by atoms with E-state index < -0.39 is 0 Å². The van der Waals surface area contributed by atoms with Crippen LogP contribution < -0.4 is 0 Å². The minimum absolute atomic E-state index is 1.08. The molecular weight excluding hydrogens is 242 g/mol. The SMILES string of the molecule is Cc1ccc2c(C)c3c(ccc4ccccc43)nc2c1. The number of aryl methyl sites for hydroxylation is 2. The van der Waals surface area contributed by atoms with Crippen LogP contribution in [-0.4, -0.2) is 4.98 Å². The monoisotopic (exact) mass is 257 g/mol. The zero-order chi connectivity index (χ0) is 13.7. The molecule has 0 fully saturated rings. The van der Waals surface area contributed by atoms with E-state index in [1.165, 1.54) is 32.7 Å². The minimum Gasteiger partial charge on any atom is -0.248 e. The summed E-state index contributed by atoms with van der Waals surface area (Å²) in [7, 11) is 0. The van der Waals surface area contributed by atoms with Crippen LogP contribution in [0.4, 0.5) is 0 Å². The van der Waals surface area contributed by atoms with E-state index >= 15 is 0 Å². The fourth-order valence-corrected chi connectivity index (χ4v) is 3.06. The predicted molar refractivity (Wildman–Crippen MR) is 86.2 cm³/mol. The molecular formula is C19H15N. The zero-order valence-corrected chi connectivity index (χ0v) is 11.6. The summed E-state index contributed by atoms with van der Waals surface area (Å²) < 4.78 is 0. The van der Waals surface area contributed by atoms with Gasteiger partial charge in [-0.05, 0) is 47.9 Å². The largest absolute Gasteiger partial charge is 0.248 e. The molecule has 0 saturated heterocycles. The molecule has 96 valence electrons. The van der Waals surface area contributed by atoms with Gasteiger partial charge >= 0.3 is 0 Å². The van der Waals surface area contributed by atoms with Crippen LogP contribution in [0.5, 0.6) is 0 Å². The van der Waals surface area contributed by atoms with E-state index in [9.17, 15) is 0 Å². The van der Waals surface area contributed by atoms with Crippen molar-refractivity contribution < 1.29 is 0 Å². The Morgan fingerprint density at radius 2 is 1.60 bits per heavy atom. The zero-order valence-electron chi connectivity index (χ0n) is 11.6. The van der Waals surface area contributed by atoms with Gasteiger partial charge in [-0.2, -0.15) is 0 Å². The summed E-state index contributed by atoms with van der Waals surface area (Å²) in [6.07, 6.45) is 0. The number of pyridine rings is 1. The molecule has 4 rings (SSSR count). The van der Waals surface area contributed by atoms with E-state index in [4.69, 9.17) is 4.98 Å². The molecule has 1 heterocycles. The highest BCUT2D eigenvalue weighted by atomic mass is 14.7. The van der Waals surface area contributed by atoms with Gasteiger partial charge in [0.1, 0.15) is 0 Å². The highest BCUT2D eigenvalue weighted by Gasteiger charge is 2.08. The molecule has 0 amide bonds. The molecule has 1 heteroatoms. The number of fused-ring (bicyclic) bond motifs is 4. The number of hydrogen-bond acceptors (Lipinski definition) is 1. The summed E-state index contributed by atoms with van der Waals surface area (Å²) in [5.74, 6) is 0. The summed E-state index contributed by atoms with van der Waals surface area (Å²) in [5.41, 5.74) is 4.75. The van der Waals surface area contributed by atoms with Crippen LogP contribution >= 0.6 is 0 Å². The molecule has 0 atom stereocenters. The Hall–Kier alpha value is -2.41. The number of rotatable bonds is 0. The topological polar surface area (TPSA) is 12.9 Å². The van der Waals surface area contributed by atoms with Crippen molar-refractivity contribution in [2.45, 2.75) is 13.8 Å². The lowest BCUT2D eigenvalue weighted by molar-refractivity contribution is 1.42. The quantitative estimate of drug-likeness (QED) is 0.313. The minimum atomic E-state index is 1.08. The smallest absolute Gasteiger partial charge is 0.0718 e. The molecule has 0 saturated carbocycles. The van der Waals surface area contributed by atoms with E-state index in [-0.39, 0.29) is 0 Å². The molecule has 0 radical (unpaired) electrons. The van der Waals surface area contributed by atoms with Crippen molar-refractivity contribution in [2.24, 2.45) is 0 Å². The molecule has 4 aromatic rings. The third kappa shape index (κ3) is 1.53. The molecule has 0 unspecified atom stereocenters. The third-order valence-corrected chi connectivity index (χ3v) is 4.08. The van der Waals surface area contributed by atoms with Crippen molar-refractivity contribution >= 4 is 32.6 Å². The summed E-state index contributed by atoms with van der Waals surface area (Å²) in [6.45, 7) is 4.31. The first-order chi connectivity index (χ1) is 9.74. The lowest BCUT2D eigenvalue weighted by Gasteiger charge is -2.10. The maximum Gasteiger partial charge on any atom is 0.0718 e. The van der Waals surface area contributed by atoms with Gasteiger partial charge in [0.15, 0.2) is 0 Å². The molecule has 20 heavy (non-hydrogen) atoms. The van der Waals surface area contributed by atoms with E-state index in [0.29, 0.717) is 0 Å². The van der Waals surface area contributed by atoms with Crippen LogP contribution in [-0.2, 0) is 0 Å².